The Bertz CT molecular complexity index is 674. The van der Waals surface area contributed by atoms with E-state index < -0.39 is 0 Å². The molecule has 0 N–H and O–H groups in total. The van der Waals surface area contributed by atoms with Crippen LogP contribution < -0.4 is 4.74 Å². The quantitative estimate of drug-likeness (QED) is 0.603. The van der Waals surface area contributed by atoms with Crippen LogP contribution in [0.5, 0.6) is 5.75 Å². The number of carbonyl (C=O) groups is 1. The molecule has 0 radical (unpaired) electrons. The molecule has 2 aromatic rings. The number of benzene rings is 2. The molecule has 0 bridgehead atoms. The van der Waals surface area contributed by atoms with Crippen molar-refractivity contribution in [3.05, 3.63) is 42.0 Å². The van der Waals surface area contributed by atoms with Crippen LogP contribution in [0, 0.1) is 11.8 Å². The molecule has 0 aliphatic rings. The van der Waals surface area contributed by atoms with Crippen molar-refractivity contribution in [2.75, 3.05) is 13.2 Å². The molecule has 0 aliphatic carbocycles. The molecule has 0 fully saturated rings. The number of fused-ring (bicyclic) bond motifs is 1. The Morgan fingerprint density at radius 3 is 2.29 bits per heavy atom. The predicted octanol–water partition coefficient (Wildman–Crippen LogP) is 5.47. The lowest BCUT2D eigenvalue weighted by Gasteiger charge is -2.15. The van der Waals surface area contributed by atoms with Gasteiger partial charge in [0.25, 0.3) is 0 Å². The van der Waals surface area contributed by atoms with Gasteiger partial charge in [0.2, 0.25) is 0 Å². The van der Waals surface area contributed by atoms with E-state index in [1.165, 1.54) is 0 Å². The second-order valence-corrected chi connectivity index (χ2v) is 7.01. The van der Waals surface area contributed by atoms with Crippen molar-refractivity contribution in [1.29, 1.82) is 0 Å². The fraction of sp³-hybridized carbons (Fsp3) is 0.476. The van der Waals surface area contributed by atoms with Gasteiger partial charge in [-0.25, -0.2) is 4.79 Å². The van der Waals surface area contributed by atoms with Gasteiger partial charge in [0, 0.05) is 5.39 Å². The van der Waals surface area contributed by atoms with E-state index in [2.05, 4.69) is 27.7 Å². The molecular weight excluding hydrogens is 300 g/mol. The second kappa shape index (κ2) is 8.72. The molecule has 3 nitrogen and oxygen atoms in total. The molecule has 0 saturated heterocycles. The zero-order valence-corrected chi connectivity index (χ0v) is 15.2. The van der Waals surface area contributed by atoms with E-state index in [0.29, 0.717) is 36.4 Å². The normalized spacial score (nSPS) is 11.2. The molecule has 0 atom stereocenters. The topological polar surface area (TPSA) is 35.5 Å². The van der Waals surface area contributed by atoms with Crippen LogP contribution in [0.3, 0.4) is 0 Å². The van der Waals surface area contributed by atoms with E-state index in [9.17, 15) is 4.79 Å². The molecule has 24 heavy (non-hydrogen) atoms. The highest BCUT2D eigenvalue weighted by Gasteiger charge is 2.17. The third-order valence-corrected chi connectivity index (χ3v) is 3.97. The molecule has 0 aromatic heterocycles. The Kier molecular flexibility index (Phi) is 6.65. The van der Waals surface area contributed by atoms with E-state index in [1.807, 2.05) is 36.4 Å². The van der Waals surface area contributed by atoms with Gasteiger partial charge in [-0.1, -0.05) is 58.0 Å². The molecule has 0 saturated carbocycles. The summed E-state index contributed by atoms with van der Waals surface area (Å²) in [6.07, 6.45) is 1.81. The maximum absolute atomic E-state index is 12.5. The van der Waals surface area contributed by atoms with E-state index in [1.54, 1.807) is 0 Å². The van der Waals surface area contributed by atoms with E-state index in [-0.39, 0.29) is 5.97 Å². The average Bonchev–Trinajstić information content (AvgIpc) is 2.54. The highest BCUT2D eigenvalue weighted by Crippen LogP contribution is 2.31. The molecule has 0 spiro atoms. The Morgan fingerprint density at radius 1 is 0.917 bits per heavy atom. The SMILES string of the molecule is CC(C)CCOC(=O)c1ccc2ccccc2c1OCCC(C)C. The Balaban J connectivity index is 2.25. The van der Waals surface area contributed by atoms with E-state index in [0.717, 1.165) is 23.6 Å². The van der Waals surface area contributed by atoms with E-state index in [4.69, 9.17) is 9.47 Å². The van der Waals surface area contributed by atoms with Crippen molar-refractivity contribution in [3.63, 3.8) is 0 Å². The van der Waals surface area contributed by atoms with Crippen molar-refractivity contribution >= 4 is 16.7 Å². The maximum Gasteiger partial charge on any atom is 0.341 e. The lowest BCUT2D eigenvalue weighted by Crippen LogP contribution is -2.11. The minimum atomic E-state index is -0.305. The molecule has 2 aromatic carbocycles. The summed E-state index contributed by atoms with van der Waals surface area (Å²) in [5.74, 6) is 1.40. The second-order valence-electron chi connectivity index (χ2n) is 7.01. The van der Waals surface area contributed by atoms with Crippen molar-refractivity contribution in [2.45, 2.75) is 40.5 Å². The van der Waals surface area contributed by atoms with Crippen LogP contribution in [0.15, 0.2) is 36.4 Å². The number of esters is 1. The summed E-state index contributed by atoms with van der Waals surface area (Å²) in [4.78, 5) is 12.5. The fourth-order valence-electron chi connectivity index (χ4n) is 2.42. The van der Waals surface area contributed by atoms with Crippen LogP contribution >= 0.6 is 0 Å². The predicted molar refractivity (Wildman–Crippen MR) is 98.6 cm³/mol. The monoisotopic (exact) mass is 328 g/mol. The largest absolute Gasteiger partial charge is 0.492 e. The summed E-state index contributed by atoms with van der Waals surface area (Å²) < 4.78 is 11.4. The third-order valence-electron chi connectivity index (χ3n) is 3.97. The molecule has 0 heterocycles. The van der Waals surface area contributed by atoms with Crippen molar-refractivity contribution in [3.8, 4) is 5.75 Å². The average molecular weight is 328 g/mol. The molecule has 3 heteroatoms. The van der Waals surface area contributed by atoms with Gasteiger partial charge < -0.3 is 9.47 Å². The van der Waals surface area contributed by atoms with Crippen molar-refractivity contribution in [2.24, 2.45) is 11.8 Å². The highest BCUT2D eigenvalue weighted by molar-refractivity contribution is 6.01. The maximum atomic E-state index is 12.5. The van der Waals surface area contributed by atoms with Crippen LogP contribution in [0.2, 0.25) is 0 Å². The molecule has 0 unspecified atom stereocenters. The number of ether oxygens (including phenoxy) is 2. The van der Waals surface area contributed by atoms with Gasteiger partial charge in [-0.15, -0.1) is 0 Å². The number of hydrogen-bond acceptors (Lipinski definition) is 3. The zero-order chi connectivity index (χ0) is 17.5. The Hall–Kier alpha value is -2.03. The van der Waals surface area contributed by atoms with Crippen LogP contribution in [-0.2, 0) is 4.74 Å². The lowest BCUT2D eigenvalue weighted by atomic mass is 10.0. The summed E-state index contributed by atoms with van der Waals surface area (Å²) >= 11 is 0. The van der Waals surface area contributed by atoms with Crippen LogP contribution in [0.25, 0.3) is 10.8 Å². The standard InChI is InChI=1S/C21H28O3/c1-15(2)11-13-23-20-18-8-6-5-7-17(18)9-10-19(20)21(22)24-14-12-16(3)4/h5-10,15-16H,11-14H2,1-4H3. The number of rotatable bonds is 8. The fourth-order valence-corrected chi connectivity index (χ4v) is 2.42. The van der Waals surface area contributed by atoms with Gasteiger partial charge in [0.05, 0.1) is 13.2 Å². The minimum absolute atomic E-state index is 0.305. The summed E-state index contributed by atoms with van der Waals surface area (Å²) in [5.41, 5.74) is 0.515. The first-order chi connectivity index (χ1) is 11.5. The summed E-state index contributed by atoms with van der Waals surface area (Å²) in [5, 5.41) is 2.02. The van der Waals surface area contributed by atoms with E-state index >= 15 is 0 Å². The van der Waals surface area contributed by atoms with Gasteiger partial charge in [-0.3, -0.25) is 0 Å². The smallest absolute Gasteiger partial charge is 0.341 e. The Labute approximate surface area is 145 Å². The lowest BCUT2D eigenvalue weighted by molar-refractivity contribution is 0.0483. The summed E-state index contributed by atoms with van der Waals surface area (Å²) in [7, 11) is 0. The Morgan fingerprint density at radius 2 is 1.58 bits per heavy atom. The number of hydrogen-bond donors (Lipinski definition) is 0. The summed E-state index contributed by atoms with van der Waals surface area (Å²) in [6.45, 7) is 9.59. The van der Waals surface area contributed by atoms with Crippen molar-refractivity contribution < 1.29 is 14.3 Å². The van der Waals surface area contributed by atoms with Crippen molar-refractivity contribution in [1.82, 2.24) is 0 Å². The first-order valence-electron chi connectivity index (χ1n) is 8.80. The van der Waals surface area contributed by atoms with Crippen LogP contribution in [-0.4, -0.2) is 19.2 Å². The molecule has 2 rings (SSSR count). The van der Waals surface area contributed by atoms with Gasteiger partial charge in [-0.05, 0) is 36.1 Å². The van der Waals surface area contributed by atoms with Gasteiger partial charge >= 0.3 is 5.97 Å². The molecule has 130 valence electrons. The molecular formula is C21H28O3. The van der Waals surface area contributed by atoms with Gasteiger partial charge in [0.15, 0.2) is 0 Å². The molecule has 0 amide bonds. The number of carbonyl (C=O) groups excluding carboxylic acids is 1. The summed E-state index contributed by atoms with van der Waals surface area (Å²) in [6, 6.07) is 11.7. The zero-order valence-electron chi connectivity index (χ0n) is 15.2. The third kappa shape index (κ3) is 4.98. The highest BCUT2D eigenvalue weighted by atomic mass is 16.5. The first-order valence-corrected chi connectivity index (χ1v) is 8.80. The first kappa shape index (κ1) is 18.3. The van der Waals surface area contributed by atoms with Crippen LogP contribution in [0.4, 0.5) is 0 Å². The van der Waals surface area contributed by atoms with Gasteiger partial charge in [0.1, 0.15) is 11.3 Å². The van der Waals surface area contributed by atoms with Gasteiger partial charge in [-0.2, -0.15) is 0 Å². The van der Waals surface area contributed by atoms with Crippen LogP contribution in [0.1, 0.15) is 50.9 Å². The minimum Gasteiger partial charge on any atom is -0.492 e. The molecule has 0 aliphatic heterocycles.